The normalized spacial score (nSPS) is 26.9. The summed E-state index contributed by atoms with van der Waals surface area (Å²) >= 11 is 0. The Kier molecular flexibility index (Phi) is 7.49. The van der Waals surface area contributed by atoms with Crippen molar-refractivity contribution >= 4 is 29.2 Å². The molecule has 1 saturated heterocycles. The van der Waals surface area contributed by atoms with E-state index in [4.69, 9.17) is 19.4 Å². The Balaban J connectivity index is 1.77. The molecule has 0 radical (unpaired) electrons. The van der Waals surface area contributed by atoms with Crippen LogP contribution in [0.3, 0.4) is 0 Å². The van der Waals surface area contributed by atoms with Crippen LogP contribution in [0.4, 0.5) is 0 Å². The summed E-state index contributed by atoms with van der Waals surface area (Å²) in [7, 11) is -16.8. The summed E-state index contributed by atoms with van der Waals surface area (Å²) < 4.78 is 52.0. The zero-order chi connectivity index (χ0) is 25.6. The van der Waals surface area contributed by atoms with Crippen LogP contribution in [0.1, 0.15) is 17.4 Å². The molecule has 21 heteroatoms. The summed E-state index contributed by atoms with van der Waals surface area (Å²) in [4.78, 5) is 65.6. The lowest BCUT2D eigenvalue weighted by molar-refractivity contribution is -0.0227. The van der Waals surface area contributed by atoms with E-state index >= 15 is 0 Å². The van der Waals surface area contributed by atoms with Crippen molar-refractivity contribution < 1.29 is 61.4 Å². The van der Waals surface area contributed by atoms with Gasteiger partial charge in [-0.2, -0.15) is 13.6 Å². The van der Waals surface area contributed by atoms with Crippen LogP contribution in [0.25, 0.3) is 5.78 Å². The number of nitrogens with zero attached hydrogens (tertiary/aromatic N) is 2. The third-order valence-corrected chi connectivity index (χ3v) is 8.20. The highest BCUT2D eigenvalue weighted by Crippen LogP contribution is 2.66. The fraction of sp³-hybridized carbons (Fsp3) is 0.462. The summed E-state index contributed by atoms with van der Waals surface area (Å²) in [5.41, 5.74) is -1.33. The molecular formula is C13H18N3O15P3. The van der Waals surface area contributed by atoms with Crippen LogP contribution in [0.5, 0.6) is 0 Å². The zero-order valence-corrected chi connectivity index (χ0v) is 19.4. The third kappa shape index (κ3) is 6.33. The van der Waals surface area contributed by atoms with E-state index in [1.54, 1.807) is 0 Å². The monoisotopic (exact) mass is 549 g/mol. The molecule has 3 unspecified atom stereocenters. The highest BCUT2D eigenvalue weighted by Gasteiger charge is 2.47. The zero-order valence-electron chi connectivity index (χ0n) is 16.8. The molecule has 0 aromatic carbocycles. The fourth-order valence-corrected chi connectivity index (χ4v) is 6.07. The Hall–Kier alpha value is -1.62. The third-order valence-electron chi connectivity index (χ3n) is 4.39. The number of nitrogens with one attached hydrogen (secondary N) is 1. The first kappa shape index (κ1) is 27.0. The van der Waals surface area contributed by atoms with E-state index < -0.39 is 65.6 Å². The maximum Gasteiger partial charge on any atom is 0.490 e. The second-order valence-corrected chi connectivity index (χ2v) is 11.4. The Morgan fingerprint density at radius 1 is 1.09 bits per heavy atom. The van der Waals surface area contributed by atoms with E-state index in [0.717, 1.165) is 0 Å². The first-order chi connectivity index (χ1) is 15.5. The number of aryl methyl sites for hydroxylation is 1. The van der Waals surface area contributed by atoms with Gasteiger partial charge in [0.05, 0.1) is 12.2 Å². The molecule has 6 atom stereocenters. The fourth-order valence-electron chi connectivity index (χ4n) is 3.04. The maximum absolute atomic E-state index is 12.4. The van der Waals surface area contributed by atoms with Gasteiger partial charge >= 0.3 is 23.5 Å². The van der Waals surface area contributed by atoms with Gasteiger partial charge in [0, 0.05) is 18.0 Å². The Labute approximate surface area is 187 Å². The molecule has 1 fully saturated rings. The van der Waals surface area contributed by atoms with Crippen LogP contribution >= 0.6 is 23.5 Å². The van der Waals surface area contributed by atoms with Gasteiger partial charge in [-0.1, -0.05) is 0 Å². The van der Waals surface area contributed by atoms with Gasteiger partial charge in [0.25, 0.3) is 11.1 Å². The Morgan fingerprint density at radius 2 is 1.74 bits per heavy atom. The quantitative estimate of drug-likeness (QED) is 0.179. The molecule has 0 saturated carbocycles. The molecule has 190 valence electrons. The number of aromatic nitrogens is 3. The predicted octanol–water partition coefficient (Wildman–Crippen LogP) is -1.80. The molecule has 34 heavy (non-hydrogen) atoms. The number of hydrogen-bond acceptors (Lipinski definition) is 12. The van der Waals surface area contributed by atoms with Crippen LogP contribution in [0.2, 0.25) is 0 Å². The van der Waals surface area contributed by atoms with Crippen molar-refractivity contribution in [3.8, 4) is 0 Å². The average Bonchev–Trinajstić information content (AvgIpc) is 2.91. The van der Waals surface area contributed by atoms with Gasteiger partial charge in [-0.25, -0.2) is 13.7 Å². The number of H-pyrrole nitrogens is 1. The van der Waals surface area contributed by atoms with Crippen molar-refractivity contribution in [2.75, 3.05) is 6.61 Å². The lowest BCUT2D eigenvalue weighted by Gasteiger charge is -2.19. The van der Waals surface area contributed by atoms with Crippen LogP contribution in [-0.2, 0) is 31.6 Å². The first-order valence-corrected chi connectivity index (χ1v) is 13.4. The van der Waals surface area contributed by atoms with Crippen molar-refractivity contribution in [1.82, 2.24) is 14.4 Å². The van der Waals surface area contributed by atoms with Gasteiger partial charge in [-0.15, -0.1) is 0 Å². The number of hydrogen-bond donors (Lipinski definition) is 7. The maximum atomic E-state index is 12.4. The number of ether oxygens (including phenoxy) is 1. The minimum atomic E-state index is -5.75. The lowest BCUT2D eigenvalue weighted by atomic mass is 10.0. The molecule has 1 aliphatic rings. The van der Waals surface area contributed by atoms with E-state index in [-0.39, 0.29) is 11.3 Å². The highest BCUT2D eigenvalue weighted by molar-refractivity contribution is 7.66. The minimum Gasteiger partial charge on any atom is -0.387 e. The van der Waals surface area contributed by atoms with Gasteiger partial charge in [0.1, 0.15) is 24.4 Å². The number of aromatic amines is 1. The standard InChI is InChI=1S/C13H18N3O15P3/c1-5-2-8(17)14-13-15-12(20)6(3-16(5)13)11-10(19)9(18)7(29-11)4-28-33(24,25)31-34(26,27)30-32(21,22)23/h2-3,7,9-11,18-19H,4H2,1H3,(H,24,25)(H,26,27)(H2,21,22,23)(H,14,15,17,20)/t7-,9?,10+,11+/m1/s1. The van der Waals surface area contributed by atoms with Crippen molar-refractivity contribution in [2.45, 2.75) is 31.3 Å². The molecule has 7 N–H and O–H groups in total. The van der Waals surface area contributed by atoms with Gasteiger partial charge in [-0.05, 0) is 6.92 Å². The van der Waals surface area contributed by atoms with Crippen LogP contribution < -0.4 is 11.1 Å². The van der Waals surface area contributed by atoms with E-state index in [1.165, 1.54) is 23.6 Å². The number of fused-ring (bicyclic) bond motifs is 1. The summed E-state index contributed by atoms with van der Waals surface area (Å²) in [6, 6.07) is 1.20. The van der Waals surface area contributed by atoms with E-state index in [0.29, 0.717) is 5.69 Å². The van der Waals surface area contributed by atoms with Crippen LogP contribution in [0, 0.1) is 6.92 Å². The molecule has 0 spiro atoms. The van der Waals surface area contributed by atoms with Crippen LogP contribution in [0.15, 0.2) is 21.9 Å². The minimum absolute atomic E-state index is 0.101. The first-order valence-electron chi connectivity index (χ1n) is 8.91. The number of phosphoric acid groups is 3. The van der Waals surface area contributed by atoms with Gasteiger partial charge in [0.2, 0.25) is 5.78 Å². The van der Waals surface area contributed by atoms with Crippen molar-refractivity contribution in [2.24, 2.45) is 0 Å². The topological polar surface area (TPSA) is 277 Å². The molecule has 0 amide bonds. The molecule has 3 heterocycles. The largest absolute Gasteiger partial charge is 0.490 e. The lowest BCUT2D eigenvalue weighted by Crippen LogP contribution is -2.33. The average molecular weight is 549 g/mol. The Bertz CT molecular complexity index is 1350. The van der Waals surface area contributed by atoms with Gasteiger partial charge in [-0.3, -0.25) is 23.5 Å². The summed E-state index contributed by atoms with van der Waals surface area (Å²) in [6.07, 6.45) is -5.45. The van der Waals surface area contributed by atoms with E-state index in [1.807, 2.05) is 0 Å². The summed E-state index contributed by atoms with van der Waals surface area (Å²) in [6.45, 7) is 0.484. The SMILES string of the molecule is Cc1cc(=O)[nH]c2nc(=O)c([C@@H]3O[C@H](COP(=O)(O)OP(=O)(O)OP(=O)(O)O)C(O)[C@@H]3O)cn12. The number of aliphatic hydroxyl groups excluding tert-OH is 2. The number of aliphatic hydroxyl groups is 2. The number of rotatable bonds is 8. The molecular weight excluding hydrogens is 531 g/mol. The van der Waals surface area contributed by atoms with Crippen molar-refractivity contribution in [3.63, 3.8) is 0 Å². The van der Waals surface area contributed by atoms with E-state index in [9.17, 15) is 38.4 Å². The molecule has 0 aliphatic carbocycles. The summed E-state index contributed by atoms with van der Waals surface area (Å²) in [5, 5.41) is 20.5. The molecule has 2 aromatic heterocycles. The molecule has 0 bridgehead atoms. The second kappa shape index (κ2) is 9.44. The van der Waals surface area contributed by atoms with Gasteiger partial charge < -0.3 is 34.5 Å². The molecule has 3 rings (SSSR count). The van der Waals surface area contributed by atoms with Crippen LogP contribution in [-0.4, -0.2) is 69.1 Å². The van der Waals surface area contributed by atoms with Crippen molar-refractivity contribution in [1.29, 1.82) is 0 Å². The predicted molar refractivity (Wildman–Crippen MR) is 106 cm³/mol. The highest BCUT2D eigenvalue weighted by atomic mass is 31.3. The summed E-state index contributed by atoms with van der Waals surface area (Å²) in [5.74, 6) is -0.101. The van der Waals surface area contributed by atoms with E-state index in [2.05, 4.69) is 23.1 Å². The van der Waals surface area contributed by atoms with Gasteiger partial charge in [0.15, 0.2) is 0 Å². The molecule has 18 nitrogen and oxygen atoms in total. The van der Waals surface area contributed by atoms with Crippen molar-refractivity contribution in [3.05, 3.63) is 44.2 Å². The molecule has 2 aromatic rings. The Morgan fingerprint density at radius 3 is 2.35 bits per heavy atom. The molecule has 1 aliphatic heterocycles. The second-order valence-electron chi connectivity index (χ2n) is 6.93. The number of phosphoric ester groups is 1. The smallest absolute Gasteiger partial charge is 0.387 e.